The van der Waals surface area contributed by atoms with Gasteiger partial charge in [-0.15, -0.1) is 0 Å². The summed E-state index contributed by atoms with van der Waals surface area (Å²) in [4.78, 5) is 60.3. The third kappa shape index (κ3) is 8.09. The van der Waals surface area contributed by atoms with Crippen molar-refractivity contribution in [1.29, 1.82) is 0 Å². The monoisotopic (exact) mass is 642 g/mol. The Morgan fingerprint density at radius 1 is 0.702 bits per heavy atom. The zero-order chi connectivity index (χ0) is 33.3. The lowest BCUT2D eigenvalue weighted by molar-refractivity contribution is -0.131. The summed E-state index contributed by atoms with van der Waals surface area (Å²) < 4.78 is 24.2. The van der Waals surface area contributed by atoms with Crippen molar-refractivity contribution < 1.29 is 23.2 Å². The number of carbonyl (C=O) groups excluding carboxylic acids is 3. The van der Waals surface area contributed by atoms with E-state index < -0.39 is 24.7 Å². The van der Waals surface area contributed by atoms with Crippen LogP contribution >= 0.6 is 0 Å². The van der Waals surface area contributed by atoms with Gasteiger partial charge in [-0.25, -0.2) is 19.9 Å². The van der Waals surface area contributed by atoms with Gasteiger partial charge in [0.15, 0.2) is 11.6 Å². The molecule has 244 valence electrons. The molecular weight excluding hydrogens is 606 g/mol. The zero-order valence-electron chi connectivity index (χ0n) is 25.8. The Bertz CT molecular complexity index is 1650. The number of aromatic nitrogens is 6. The number of amides is 1. The molecule has 3 N–H and O–H groups in total. The summed E-state index contributed by atoms with van der Waals surface area (Å²) in [6.07, 6.45) is 14.3. The highest BCUT2D eigenvalue weighted by Crippen LogP contribution is 2.45. The molecule has 0 radical (unpaired) electrons. The minimum atomic E-state index is -3.15. The summed E-state index contributed by atoms with van der Waals surface area (Å²) in [5.74, 6) is -0.770. The van der Waals surface area contributed by atoms with Crippen molar-refractivity contribution in [3.63, 3.8) is 0 Å². The third-order valence-electron chi connectivity index (χ3n) is 8.89. The van der Waals surface area contributed by atoms with E-state index in [-0.39, 0.29) is 28.7 Å². The van der Waals surface area contributed by atoms with Crippen LogP contribution in [-0.2, 0) is 28.5 Å². The number of pyridine rings is 2. The van der Waals surface area contributed by atoms with E-state index in [4.69, 9.17) is 5.73 Å². The molecule has 0 saturated heterocycles. The van der Waals surface area contributed by atoms with Gasteiger partial charge in [-0.1, -0.05) is 25.0 Å². The van der Waals surface area contributed by atoms with Crippen LogP contribution in [0.25, 0.3) is 0 Å². The molecule has 0 aliphatic heterocycles. The maximum absolute atomic E-state index is 12.1. The van der Waals surface area contributed by atoms with Crippen LogP contribution in [0.5, 0.6) is 0 Å². The van der Waals surface area contributed by atoms with Crippen LogP contribution in [0.2, 0.25) is 0 Å². The second kappa shape index (κ2) is 15.1. The van der Waals surface area contributed by atoms with Crippen LogP contribution in [0, 0.1) is 0 Å². The van der Waals surface area contributed by atoms with Gasteiger partial charge >= 0.3 is 6.43 Å². The number of nitrogens with zero attached hydrogens (tertiary/aromatic N) is 6. The van der Waals surface area contributed by atoms with Gasteiger partial charge in [0.1, 0.15) is 11.6 Å². The van der Waals surface area contributed by atoms with Crippen LogP contribution < -0.4 is 11.1 Å². The van der Waals surface area contributed by atoms with Crippen LogP contribution in [0.1, 0.15) is 82.3 Å². The Labute approximate surface area is 270 Å². The van der Waals surface area contributed by atoms with Gasteiger partial charge in [-0.3, -0.25) is 24.4 Å². The van der Waals surface area contributed by atoms with Gasteiger partial charge in [0, 0.05) is 72.2 Å². The average molecular weight is 643 g/mol. The summed E-state index contributed by atoms with van der Waals surface area (Å²) in [7, 11) is 0. The molecule has 2 fully saturated rings. The molecule has 13 heteroatoms. The molecular formula is C34H36F2N8O3. The quantitative estimate of drug-likeness (QED) is 0.217. The van der Waals surface area contributed by atoms with Crippen molar-refractivity contribution >= 4 is 17.5 Å². The van der Waals surface area contributed by atoms with Crippen LogP contribution in [0.15, 0.2) is 73.6 Å². The first-order valence-electron chi connectivity index (χ1n) is 15.5. The average Bonchev–Trinajstić information content (AvgIpc) is 3.08. The highest BCUT2D eigenvalue weighted by molar-refractivity contribution is 5.99. The standard InChI is InChI=1S/C18H18F2N4O2.C16H18N4O/c19-16(20)17(26)24-11-13(25)12-9-22-15(23-10-12)8-18(5-3-6-18)14-4-1-2-7-21-14;17-9-13(21)12-10-19-15(20-11-12)8-16(5-3-6-16)14-4-1-2-7-18-14/h1-2,4,7,9-10,16H,3,5-6,8,11H2,(H,24,26);1-2,4,7,10-11H,3,5-6,8-9,17H2. The molecule has 0 aromatic carbocycles. The van der Waals surface area contributed by atoms with E-state index >= 15 is 0 Å². The predicted molar refractivity (Wildman–Crippen MR) is 168 cm³/mol. The number of hydrogen-bond acceptors (Lipinski definition) is 10. The van der Waals surface area contributed by atoms with Crippen molar-refractivity contribution in [3.8, 4) is 0 Å². The molecule has 1 amide bonds. The Kier molecular flexibility index (Phi) is 10.8. The van der Waals surface area contributed by atoms with E-state index in [0.717, 1.165) is 55.7 Å². The van der Waals surface area contributed by atoms with E-state index in [0.29, 0.717) is 17.8 Å². The lowest BCUT2D eigenvalue weighted by Gasteiger charge is -2.41. The normalized spacial score (nSPS) is 15.7. The molecule has 0 atom stereocenters. The number of carbonyl (C=O) groups is 3. The summed E-state index contributed by atoms with van der Waals surface area (Å²) in [5, 5.41) is 1.87. The molecule has 4 heterocycles. The minimum absolute atomic E-state index is 0.0133. The summed E-state index contributed by atoms with van der Waals surface area (Å²) in [6, 6.07) is 11.9. The second-order valence-electron chi connectivity index (χ2n) is 11.9. The molecule has 0 unspecified atom stereocenters. The summed E-state index contributed by atoms with van der Waals surface area (Å²) >= 11 is 0. The fourth-order valence-electron chi connectivity index (χ4n) is 5.86. The molecule has 4 aromatic rings. The summed E-state index contributed by atoms with van der Waals surface area (Å²) in [5.41, 5.74) is 8.10. The largest absolute Gasteiger partial charge is 0.344 e. The van der Waals surface area contributed by atoms with Gasteiger partial charge in [-0.05, 0) is 49.9 Å². The Hall–Kier alpha value is -4.91. The van der Waals surface area contributed by atoms with Crippen LogP contribution in [0.3, 0.4) is 0 Å². The number of rotatable bonds is 12. The van der Waals surface area contributed by atoms with Crippen molar-refractivity contribution in [2.45, 2.75) is 68.6 Å². The van der Waals surface area contributed by atoms with E-state index in [1.54, 1.807) is 18.6 Å². The van der Waals surface area contributed by atoms with Crippen molar-refractivity contribution in [2.75, 3.05) is 13.1 Å². The number of Topliss-reactive ketones (excluding diaryl/α,β-unsaturated/α-hetero) is 2. The molecule has 11 nitrogen and oxygen atoms in total. The van der Waals surface area contributed by atoms with Crippen molar-refractivity contribution in [1.82, 2.24) is 35.2 Å². The molecule has 0 bridgehead atoms. The number of halogens is 2. The first-order valence-corrected chi connectivity index (χ1v) is 15.5. The molecule has 4 aromatic heterocycles. The number of hydrogen-bond donors (Lipinski definition) is 2. The lowest BCUT2D eigenvalue weighted by atomic mass is 9.64. The van der Waals surface area contributed by atoms with E-state index in [2.05, 4.69) is 36.0 Å². The molecule has 2 aliphatic carbocycles. The number of nitrogens with two attached hydrogens (primary N) is 1. The fraction of sp³-hybridized carbons (Fsp3) is 0.382. The van der Waals surface area contributed by atoms with Gasteiger partial charge in [0.25, 0.3) is 5.91 Å². The topological polar surface area (TPSA) is 167 Å². The van der Waals surface area contributed by atoms with Gasteiger partial charge in [0.05, 0.1) is 24.2 Å². The first kappa shape index (κ1) is 33.5. The van der Waals surface area contributed by atoms with Crippen molar-refractivity contribution in [2.24, 2.45) is 5.73 Å². The lowest BCUT2D eigenvalue weighted by Crippen LogP contribution is -2.38. The van der Waals surface area contributed by atoms with Crippen molar-refractivity contribution in [3.05, 3.63) is 108 Å². The van der Waals surface area contributed by atoms with Gasteiger partial charge in [-0.2, -0.15) is 8.78 Å². The predicted octanol–water partition coefficient (Wildman–Crippen LogP) is 3.78. The maximum Gasteiger partial charge on any atom is 0.315 e. The Balaban J connectivity index is 0.000000189. The third-order valence-corrected chi connectivity index (χ3v) is 8.89. The minimum Gasteiger partial charge on any atom is -0.344 e. The Morgan fingerprint density at radius 2 is 1.15 bits per heavy atom. The molecule has 2 aliphatic rings. The van der Waals surface area contributed by atoms with Crippen LogP contribution in [0.4, 0.5) is 8.78 Å². The van der Waals surface area contributed by atoms with E-state index in [9.17, 15) is 23.2 Å². The second-order valence-corrected chi connectivity index (χ2v) is 11.9. The highest BCUT2D eigenvalue weighted by Gasteiger charge is 2.41. The SMILES string of the molecule is NCC(=O)c1cnc(CC2(c3ccccn3)CCC2)nc1.O=C(CNC(=O)C(F)F)c1cnc(CC2(c3ccccn3)CCC2)nc1. The smallest absolute Gasteiger partial charge is 0.315 e. The molecule has 6 rings (SSSR count). The molecule has 0 spiro atoms. The van der Waals surface area contributed by atoms with Gasteiger partial charge in [0.2, 0.25) is 0 Å². The first-order chi connectivity index (χ1) is 22.7. The van der Waals surface area contributed by atoms with E-state index in [1.165, 1.54) is 18.8 Å². The molecule has 2 saturated carbocycles. The highest BCUT2D eigenvalue weighted by atomic mass is 19.3. The van der Waals surface area contributed by atoms with Crippen LogP contribution in [-0.4, -0.2) is 66.9 Å². The molecule has 47 heavy (non-hydrogen) atoms. The number of alkyl halides is 2. The van der Waals surface area contributed by atoms with Gasteiger partial charge < -0.3 is 11.1 Å². The number of nitrogens with one attached hydrogen (secondary N) is 1. The zero-order valence-corrected chi connectivity index (χ0v) is 25.8. The number of ketones is 2. The van der Waals surface area contributed by atoms with E-state index in [1.807, 2.05) is 41.8 Å². The Morgan fingerprint density at radius 3 is 1.49 bits per heavy atom. The fourth-order valence-corrected chi connectivity index (χ4v) is 5.86. The maximum atomic E-state index is 12.1. The summed E-state index contributed by atoms with van der Waals surface area (Å²) in [6.45, 7) is -0.523.